The van der Waals surface area contributed by atoms with Gasteiger partial charge in [-0.05, 0) is 51.0 Å². The van der Waals surface area contributed by atoms with Crippen molar-refractivity contribution < 1.29 is 9.90 Å². The molecular weight excluding hydrogens is 240 g/mol. The Morgan fingerprint density at radius 1 is 1.32 bits per heavy atom. The molecule has 1 saturated carbocycles. The van der Waals surface area contributed by atoms with E-state index in [4.69, 9.17) is 0 Å². The van der Waals surface area contributed by atoms with Crippen LogP contribution in [0.4, 0.5) is 0 Å². The summed E-state index contributed by atoms with van der Waals surface area (Å²) in [7, 11) is 3.63. The Kier molecular flexibility index (Phi) is 4.51. The van der Waals surface area contributed by atoms with Crippen molar-refractivity contribution in [2.24, 2.45) is 5.92 Å². The Morgan fingerprint density at radius 2 is 1.95 bits per heavy atom. The minimum Gasteiger partial charge on any atom is -0.389 e. The molecule has 0 radical (unpaired) electrons. The molecule has 1 saturated heterocycles. The van der Waals surface area contributed by atoms with Crippen molar-refractivity contribution in [3.63, 3.8) is 0 Å². The average Bonchev–Trinajstić information content (AvgIpc) is 2.80. The quantitative estimate of drug-likeness (QED) is 0.843. The van der Waals surface area contributed by atoms with E-state index in [1.807, 2.05) is 14.1 Å². The molecule has 0 bridgehead atoms. The number of rotatable bonds is 3. The van der Waals surface area contributed by atoms with Gasteiger partial charge in [0.1, 0.15) is 0 Å². The summed E-state index contributed by atoms with van der Waals surface area (Å²) in [5, 5.41) is 10.7. The second kappa shape index (κ2) is 5.80. The first kappa shape index (κ1) is 14.8. The summed E-state index contributed by atoms with van der Waals surface area (Å²) in [6.07, 6.45) is 5.98. The van der Waals surface area contributed by atoms with E-state index in [2.05, 4.69) is 11.8 Å². The van der Waals surface area contributed by atoms with Crippen LogP contribution in [0, 0.1) is 5.92 Å². The van der Waals surface area contributed by atoms with Crippen molar-refractivity contribution in [1.29, 1.82) is 0 Å². The number of β-amino-alcohol motifs (C(OH)–C–C–N with tert-alkyl or cyclic N) is 1. The van der Waals surface area contributed by atoms with Gasteiger partial charge >= 0.3 is 0 Å². The zero-order chi connectivity index (χ0) is 14.0. The topological polar surface area (TPSA) is 43.8 Å². The van der Waals surface area contributed by atoms with Crippen molar-refractivity contribution >= 4 is 5.91 Å². The number of likely N-dealkylation sites (N-methyl/N-ethyl adjacent to an activating group) is 1. The van der Waals surface area contributed by atoms with Gasteiger partial charge in [-0.2, -0.15) is 0 Å². The molecule has 1 heterocycles. The maximum Gasteiger partial charge on any atom is 0.239 e. The highest BCUT2D eigenvalue weighted by molar-refractivity contribution is 5.81. The molecular formula is C15H28N2O2. The Hall–Kier alpha value is -0.610. The molecule has 4 nitrogen and oxygen atoms in total. The first-order valence-electron chi connectivity index (χ1n) is 7.59. The van der Waals surface area contributed by atoms with Crippen molar-refractivity contribution in [2.75, 3.05) is 27.2 Å². The number of likely N-dealkylation sites (tertiary alicyclic amines) is 1. The van der Waals surface area contributed by atoms with Crippen LogP contribution in [0.3, 0.4) is 0 Å². The molecule has 4 heteroatoms. The van der Waals surface area contributed by atoms with Gasteiger partial charge in [0.15, 0.2) is 0 Å². The predicted molar refractivity (Wildman–Crippen MR) is 75.9 cm³/mol. The Morgan fingerprint density at radius 3 is 2.53 bits per heavy atom. The summed E-state index contributed by atoms with van der Waals surface area (Å²) in [4.78, 5) is 16.0. The van der Waals surface area contributed by atoms with Crippen molar-refractivity contribution in [3.05, 3.63) is 0 Å². The normalized spacial score (nSPS) is 36.4. The lowest BCUT2D eigenvalue weighted by Crippen LogP contribution is -2.50. The van der Waals surface area contributed by atoms with Gasteiger partial charge in [0.25, 0.3) is 0 Å². The fourth-order valence-electron chi connectivity index (χ4n) is 3.43. The minimum absolute atomic E-state index is 0.0154. The zero-order valence-electron chi connectivity index (χ0n) is 12.6. The molecule has 0 aromatic carbocycles. The second-order valence-electron chi connectivity index (χ2n) is 6.77. The molecule has 2 aliphatic rings. The standard InChI is InChI=1S/C15H28N2O2/c1-12-6-8-15(19,9-7-12)11-17-10-4-5-13(17)14(18)16(2)3/h12-13,19H,4-11H2,1-3H3/t12?,13-,15?/m1/s1. The van der Waals surface area contributed by atoms with Gasteiger partial charge in [0, 0.05) is 20.6 Å². The predicted octanol–water partition coefficient (Wildman–Crippen LogP) is 1.48. The van der Waals surface area contributed by atoms with Crippen molar-refractivity contribution in [2.45, 2.75) is 57.1 Å². The monoisotopic (exact) mass is 268 g/mol. The SMILES string of the molecule is CC1CCC(O)(CN2CCC[C@@H]2C(=O)N(C)C)CC1. The third-order valence-electron chi connectivity index (χ3n) is 4.79. The van der Waals surface area contributed by atoms with Gasteiger partial charge in [-0.3, -0.25) is 9.69 Å². The lowest BCUT2D eigenvalue weighted by atomic mass is 9.79. The number of aliphatic hydroxyl groups is 1. The molecule has 2 rings (SSSR count). The smallest absolute Gasteiger partial charge is 0.239 e. The molecule has 1 aliphatic carbocycles. The molecule has 1 N–H and O–H groups in total. The van der Waals surface area contributed by atoms with E-state index in [9.17, 15) is 9.90 Å². The summed E-state index contributed by atoms with van der Waals surface area (Å²) < 4.78 is 0. The molecule has 0 aromatic rings. The van der Waals surface area contributed by atoms with Crippen LogP contribution in [0.15, 0.2) is 0 Å². The molecule has 110 valence electrons. The molecule has 1 amide bonds. The minimum atomic E-state index is -0.568. The lowest BCUT2D eigenvalue weighted by molar-refractivity contribution is -0.134. The van der Waals surface area contributed by atoms with Gasteiger partial charge in [-0.15, -0.1) is 0 Å². The average molecular weight is 268 g/mol. The number of carbonyl (C=O) groups excluding carboxylic acids is 1. The van der Waals surface area contributed by atoms with Crippen LogP contribution in [0.25, 0.3) is 0 Å². The highest BCUT2D eigenvalue weighted by Crippen LogP contribution is 2.34. The van der Waals surface area contributed by atoms with E-state index in [-0.39, 0.29) is 11.9 Å². The van der Waals surface area contributed by atoms with Crippen LogP contribution < -0.4 is 0 Å². The Labute approximate surface area is 116 Å². The molecule has 0 aromatic heterocycles. The maximum atomic E-state index is 12.2. The summed E-state index contributed by atoms with van der Waals surface area (Å²) >= 11 is 0. The third-order valence-corrected chi connectivity index (χ3v) is 4.79. The molecule has 1 atom stereocenters. The summed E-state index contributed by atoms with van der Waals surface area (Å²) in [6.45, 7) is 3.87. The van der Waals surface area contributed by atoms with Gasteiger partial charge in [-0.25, -0.2) is 0 Å². The lowest BCUT2D eigenvalue weighted by Gasteiger charge is -2.39. The largest absolute Gasteiger partial charge is 0.389 e. The first-order valence-corrected chi connectivity index (χ1v) is 7.59. The van der Waals surface area contributed by atoms with E-state index in [1.165, 1.54) is 0 Å². The fourth-order valence-corrected chi connectivity index (χ4v) is 3.43. The molecule has 19 heavy (non-hydrogen) atoms. The zero-order valence-corrected chi connectivity index (χ0v) is 12.6. The Bertz CT molecular complexity index is 322. The van der Waals surface area contributed by atoms with E-state index >= 15 is 0 Å². The number of carbonyl (C=O) groups is 1. The van der Waals surface area contributed by atoms with Crippen molar-refractivity contribution in [3.8, 4) is 0 Å². The van der Waals surface area contributed by atoms with Crippen LogP contribution in [0.1, 0.15) is 45.4 Å². The van der Waals surface area contributed by atoms with Gasteiger partial charge in [0.2, 0.25) is 5.91 Å². The van der Waals surface area contributed by atoms with Gasteiger partial charge in [-0.1, -0.05) is 6.92 Å². The van der Waals surface area contributed by atoms with Gasteiger partial charge < -0.3 is 10.0 Å². The maximum absolute atomic E-state index is 12.2. The Balaban J connectivity index is 1.96. The van der Waals surface area contributed by atoms with Crippen LogP contribution in [-0.4, -0.2) is 59.6 Å². The third kappa shape index (κ3) is 3.48. The second-order valence-corrected chi connectivity index (χ2v) is 6.77. The number of hydrogen-bond donors (Lipinski definition) is 1. The van der Waals surface area contributed by atoms with Crippen LogP contribution >= 0.6 is 0 Å². The first-order chi connectivity index (χ1) is 8.91. The number of amides is 1. The van der Waals surface area contributed by atoms with Crippen molar-refractivity contribution in [1.82, 2.24) is 9.80 Å². The van der Waals surface area contributed by atoms with Crippen LogP contribution in [-0.2, 0) is 4.79 Å². The highest BCUT2D eigenvalue weighted by Gasteiger charge is 2.39. The highest BCUT2D eigenvalue weighted by atomic mass is 16.3. The fraction of sp³-hybridized carbons (Fsp3) is 0.933. The van der Waals surface area contributed by atoms with E-state index in [1.54, 1.807) is 4.90 Å². The molecule has 0 spiro atoms. The van der Waals surface area contributed by atoms with E-state index in [0.717, 1.165) is 51.0 Å². The van der Waals surface area contributed by atoms with Crippen LogP contribution in [0.2, 0.25) is 0 Å². The van der Waals surface area contributed by atoms with E-state index < -0.39 is 5.60 Å². The number of nitrogens with zero attached hydrogens (tertiary/aromatic N) is 2. The molecule has 2 fully saturated rings. The van der Waals surface area contributed by atoms with E-state index in [0.29, 0.717) is 6.54 Å². The summed E-state index contributed by atoms with van der Waals surface area (Å²) in [5.41, 5.74) is -0.568. The summed E-state index contributed by atoms with van der Waals surface area (Å²) in [6, 6.07) is -0.0154. The summed E-state index contributed by atoms with van der Waals surface area (Å²) in [5.74, 6) is 0.920. The number of hydrogen-bond acceptors (Lipinski definition) is 3. The molecule has 0 unspecified atom stereocenters. The van der Waals surface area contributed by atoms with Gasteiger partial charge in [0.05, 0.1) is 11.6 Å². The van der Waals surface area contributed by atoms with Crippen LogP contribution in [0.5, 0.6) is 0 Å². The molecule has 1 aliphatic heterocycles.